The number of nitrogens with one attached hydrogen (secondary N) is 1. The first-order chi connectivity index (χ1) is 15.0. The minimum Gasteiger partial charge on any atom is -0.378 e. The van der Waals surface area contributed by atoms with Gasteiger partial charge in [0.2, 0.25) is 5.91 Å². The summed E-state index contributed by atoms with van der Waals surface area (Å²) < 4.78 is 5.51. The predicted octanol–water partition coefficient (Wildman–Crippen LogP) is 3.68. The fourth-order valence-electron chi connectivity index (χ4n) is 7.50. The van der Waals surface area contributed by atoms with Crippen LogP contribution in [0.5, 0.6) is 0 Å². The minimum atomic E-state index is 0.176. The number of hydrogen-bond donors (Lipinski definition) is 1. The second-order valence-corrected chi connectivity index (χ2v) is 11.0. The lowest BCUT2D eigenvalue weighted by atomic mass is 9.48. The van der Waals surface area contributed by atoms with Gasteiger partial charge in [-0.15, -0.1) is 0 Å². The van der Waals surface area contributed by atoms with Crippen molar-refractivity contribution in [3.8, 4) is 0 Å². The molecule has 4 aliphatic carbocycles. The van der Waals surface area contributed by atoms with E-state index in [1.54, 1.807) is 0 Å². The van der Waals surface area contributed by atoms with Gasteiger partial charge < -0.3 is 15.0 Å². The number of carbonyl (C=O) groups excluding carboxylic acids is 1. The number of nitrogens with zero attached hydrogens (tertiary/aromatic N) is 2. The van der Waals surface area contributed by atoms with Crippen molar-refractivity contribution in [3.05, 3.63) is 29.8 Å². The number of likely N-dealkylation sites (N-methyl/N-ethyl adjacent to an activating group) is 1. The Morgan fingerprint density at radius 2 is 1.74 bits per heavy atom. The lowest BCUT2D eigenvalue weighted by molar-refractivity contribution is -0.126. The summed E-state index contributed by atoms with van der Waals surface area (Å²) in [5, 5.41) is 3.42. The maximum atomic E-state index is 13.0. The Morgan fingerprint density at radius 1 is 1.13 bits per heavy atom. The van der Waals surface area contributed by atoms with Crippen LogP contribution in [0.25, 0.3) is 0 Å². The number of rotatable bonds is 7. The second-order valence-electron chi connectivity index (χ2n) is 11.0. The molecule has 0 spiro atoms. The number of benzene rings is 1. The van der Waals surface area contributed by atoms with Crippen LogP contribution in [0.15, 0.2) is 24.3 Å². The van der Waals surface area contributed by atoms with Crippen LogP contribution in [0.1, 0.15) is 51.0 Å². The van der Waals surface area contributed by atoms with Gasteiger partial charge in [-0.05, 0) is 87.3 Å². The Kier molecular flexibility index (Phi) is 6.00. The van der Waals surface area contributed by atoms with Gasteiger partial charge in [-0.1, -0.05) is 18.2 Å². The first-order valence-corrected chi connectivity index (χ1v) is 12.4. The highest BCUT2D eigenvalue weighted by molar-refractivity contribution is 5.78. The molecule has 1 aromatic carbocycles. The monoisotopic (exact) mass is 425 g/mol. The molecule has 1 atom stereocenters. The van der Waals surface area contributed by atoms with E-state index in [1.165, 1.54) is 49.8 Å². The predicted molar refractivity (Wildman–Crippen MR) is 124 cm³/mol. The summed E-state index contributed by atoms with van der Waals surface area (Å²) >= 11 is 0. The van der Waals surface area contributed by atoms with Crippen molar-refractivity contribution in [1.29, 1.82) is 0 Å². The number of carbonyl (C=O) groups is 1. The summed E-state index contributed by atoms with van der Waals surface area (Å²) in [6.07, 6.45) is 8.36. The smallest absolute Gasteiger partial charge is 0.234 e. The van der Waals surface area contributed by atoms with Crippen molar-refractivity contribution >= 4 is 11.6 Å². The van der Waals surface area contributed by atoms with Crippen LogP contribution >= 0.6 is 0 Å². The van der Waals surface area contributed by atoms with Crippen LogP contribution in [0.4, 0.5) is 5.69 Å². The third kappa shape index (κ3) is 4.49. The highest BCUT2D eigenvalue weighted by Gasteiger charge is 2.53. The molecule has 1 amide bonds. The normalized spacial score (nSPS) is 33.0. The highest BCUT2D eigenvalue weighted by atomic mass is 16.5. The minimum absolute atomic E-state index is 0.176. The summed E-state index contributed by atoms with van der Waals surface area (Å²) in [5.41, 5.74) is 2.93. The Morgan fingerprint density at radius 3 is 2.39 bits per heavy atom. The Hall–Kier alpha value is -1.59. The SMILES string of the molecule is CC(NC(=O)CN(C)Cc1ccccc1N1CCOCC1)C12CC3CC(CC(C3)C1)C2. The van der Waals surface area contributed by atoms with Crippen molar-refractivity contribution in [2.24, 2.45) is 23.2 Å². The fraction of sp³-hybridized carbons (Fsp3) is 0.731. The van der Waals surface area contributed by atoms with Gasteiger partial charge in [-0.2, -0.15) is 0 Å². The molecule has 0 radical (unpaired) electrons. The van der Waals surface area contributed by atoms with E-state index in [9.17, 15) is 4.79 Å². The zero-order valence-electron chi connectivity index (χ0n) is 19.3. The number of anilines is 1. The molecule has 1 aliphatic heterocycles. The molecular weight excluding hydrogens is 386 g/mol. The molecule has 5 nitrogen and oxygen atoms in total. The number of hydrogen-bond acceptors (Lipinski definition) is 4. The molecule has 6 rings (SSSR count). The number of amides is 1. The first kappa shape index (κ1) is 21.3. The van der Waals surface area contributed by atoms with Gasteiger partial charge in [0, 0.05) is 31.4 Å². The summed E-state index contributed by atoms with van der Waals surface area (Å²) in [6, 6.07) is 8.89. The van der Waals surface area contributed by atoms with Crippen molar-refractivity contribution in [3.63, 3.8) is 0 Å². The van der Waals surface area contributed by atoms with E-state index in [0.717, 1.165) is 50.6 Å². The lowest BCUT2D eigenvalue weighted by Gasteiger charge is -2.59. The molecule has 5 heteroatoms. The third-order valence-electron chi connectivity index (χ3n) is 8.58. The van der Waals surface area contributed by atoms with Crippen molar-refractivity contribution in [1.82, 2.24) is 10.2 Å². The molecule has 1 saturated heterocycles. The lowest BCUT2D eigenvalue weighted by Crippen LogP contribution is -2.56. The first-order valence-electron chi connectivity index (χ1n) is 12.4. The molecule has 1 N–H and O–H groups in total. The van der Waals surface area contributed by atoms with Crippen molar-refractivity contribution in [2.75, 3.05) is 44.8 Å². The summed E-state index contributed by atoms with van der Waals surface area (Å²) in [7, 11) is 2.06. The van der Waals surface area contributed by atoms with Crippen molar-refractivity contribution in [2.45, 2.75) is 58.0 Å². The number of morpholine rings is 1. The van der Waals surface area contributed by atoms with E-state index in [0.29, 0.717) is 18.0 Å². The van der Waals surface area contributed by atoms with E-state index in [1.807, 2.05) is 0 Å². The van der Waals surface area contributed by atoms with Crippen LogP contribution in [-0.2, 0) is 16.1 Å². The van der Waals surface area contributed by atoms with Gasteiger partial charge >= 0.3 is 0 Å². The number of para-hydroxylation sites is 1. The standard InChI is InChI=1S/C26H39N3O2/c1-19(26-14-20-11-21(15-26)13-22(12-20)16-26)27-25(30)18-28(2)17-23-5-3-4-6-24(23)29-7-9-31-10-8-29/h3-6,19-22H,7-18H2,1-2H3,(H,27,30). The molecule has 1 aromatic rings. The van der Waals surface area contributed by atoms with E-state index in [-0.39, 0.29) is 5.91 Å². The maximum Gasteiger partial charge on any atom is 0.234 e. The zero-order valence-corrected chi connectivity index (χ0v) is 19.3. The van der Waals surface area contributed by atoms with Gasteiger partial charge in [-0.3, -0.25) is 9.69 Å². The average Bonchev–Trinajstić information content (AvgIpc) is 2.73. The Balaban J connectivity index is 1.17. The summed E-state index contributed by atoms with van der Waals surface area (Å²) in [6.45, 7) is 6.96. The van der Waals surface area contributed by atoms with Gasteiger partial charge in [0.15, 0.2) is 0 Å². The average molecular weight is 426 g/mol. The summed E-state index contributed by atoms with van der Waals surface area (Å²) in [5.74, 6) is 2.94. The molecular formula is C26H39N3O2. The van der Waals surface area contributed by atoms with Crippen LogP contribution in [-0.4, -0.2) is 56.7 Å². The van der Waals surface area contributed by atoms with E-state index < -0.39 is 0 Å². The molecule has 4 saturated carbocycles. The third-order valence-corrected chi connectivity index (χ3v) is 8.58. The van der Waals surface area contributed by atoms with Gasteiger partial charge in [0.1, 0.15) is 0 Å². The van der Waals surface area contributed by atoms with E-state index in [4.69, 9.17) is 4.74 Å². The van der Waals surface area contributed by atoms with E-state index in [2.05, 4.69) is 53.4 Å². The Bertz CT molecular complexity index is 753. The molecule has 4 bridgehead atoms. The fourth-order valence-corrected chi connectivity index (χ4v) is 7.50. The van der Waals surface area contributed by atoms with E-state index >= 15 is 0 Å². The zero-order chi connectivity index (χ0) is 21.4. The van der Waals surface area contributed by atoms with Crippen LogP contribution in [0.3, 0.4) is 0 Å². The van der Waals surface area contributed by atoms with Gasteiger partial charge in [0.25, 0.3) is 0 Å². The molecule has 5 fully saturated rings. The topological polar surface area (TPSA) is 44.8 Å². The van der Waals surface area contributed by atoms with Gasteiger partial charge in [-0.25, -0.2) is 0 Å². The molecule has 170 valence electrons. The molecule has 1 unspecified atom stereocenters. The van der Waals surface area contributed by atoms with Crippen LogP contribution in [0, 0.1) is 23.2 Å². The summed E-state index contributed by atoms with van der Waals surface area (Å²) in [4.78, 5) is 17.5. The highest BCUT2D eigenvalue weighted by Crippen LogP contribution is 2.61. The molecule has 0 aromatic heterocycles. The molecule has 31 heavy (non-hydrogen) atoms. The number of ether oxygens (including phenoxy) is 1. The van der Waals surface area contributed by atoms with Crippen molar-refractivity contribution < 1.29 is 9.53 Å². The largest absolute Gasteiger partial charge is 0.378 e. The Labute approximate surface area is 187 Å². The van der Waals surface area contributed by atoms with Crippen LogP contribution in [0.2, 0.25) is 0 Å². The van der Waals surface area contributed by atoms with Crippen LogP contribution < -0.4 is 10.2 Å². The van der Waals surface area contributed by atoms with Gasteiger partial charge in [0.05, 0.1) is 19.8 Å². The maximum absolute atomic E-state index is 13.0. The molecule has 1 heterocycles. The molecule has 5 aliphatic rings. The quantitative estimate of drug-likeness (QED) is 0.724. The second kappa shape index (κ2) is 8.74.